The van der Waals surface area contributed by atoms with Crippen LogP contribution in [0.4, 0.5) is 5.69 Å². The highest BCUT2D eigenvalue weighted by Crippen LogP contribution is 2.10. The van der Waals surface area contributed by atoms with Gasteiger partial charge in [0.1, 0.15) is 0 Å². The lowest BCUT2D eigenvalue weighted by Gasteiger charge is -2.11. The van der Waals surface area contributed by atoms with E-state index in [4.69, 9.17) is 5.11 Å². The van der Waals surface area contributed by atoms with Crippen molar-refractivity contribution in [3.63, 3.8) is 0 Å². The largest absolute Gasteiger partial charge is 0.396 e. The van der Waals surface area contributed by atoms with Crippen LogP contribution >= 0.6 is 0 Å². The number of benzene rings is 1. The molecule has 0 bridgehead atoms. The Labute approximate surface area is 107 Å². The van der Waals surface area contributed by atoms with Crippen molar-refractivity contribution < 1.29 is 9.90 Å². The molecule has 1 aromatic carbocycles. The lowest BCUT2D eigenvalue weighted by atomic mass is 10.2. The third kappa shape index (κ3) is 4.97. The number of hydrogen-bond acceptors (Lipinski definition) is 4. The van der Waals surface area contributed by atoms with Crippen LogP contribution in [0, 0.1) is 0 Å². The number of aliphatic hydroxyl groups excluding tert-OH is 1. The number of nitrogens with zero attached hydrogens (tertiary/aromatic N) is 2. The first-order valence-electron chi connectivity index (χ1n) is 5.83. The molecule has 1 aromatic rings. The van der Waals surface area contributed by atoms with Gasteiger partial charge >= 0.3 is 0 Å². The fourth-order valence-electron chi connectivity index (χ4n) is 1.33. The van der Waals surface area contributed by atoms with Crippen LogP contribution in [0.1, 0.15) is 18.4 Å². The minimum Gasteiger partial charge on any atom is -0.396 e. The Bertz CT molecular complexity index is 399. The van der Waals surface area contributed by atoms with Gasteiger partial charge in [0, 0.05) is 32.8 Å². The Hall–Kier alpha value is -1.88. The SMILES string of the molecule is CN(C)c1ccc(/C=N\NC(=O)CCCO)cc1. The molecule has 5 heteroatoms. The van der Waals surface area contributed by atoms with Crippen molar-refractivity contribution in [3.05, 3.63) is 29.8 Å². The van der Waals surface area contributed by atoms with Crippen LogP contribution in [0.5, 0.6) is 0 Å². The normalized spacial score (nSPS) is 10.6. The first-order valence-corrected chi connectivity index (χ1v) is 5.83. The lowest BCUT2D eigenvalue weighted by molar-refractivity contribution is -0.121. The number of carbonyl (C=O) groups excluding carboxylic acids is 1. The molecule has 0 aliphatic rings. The van der Waals surface area contributed by atoms with Crippen LogP contribution in [0.15, 0.2) is 29.4 Å². The highest BCUT2D eigenvalue weighted by atomic mass is 16.3. The summed E-state index contributed by atoms with van der Waals surface area (Å²) in [5.41, 5.74) is 4.44. The maximum Gasteiger partial charge on any atom is 0.240 e. The molecule has 0 spiro atoms. The topological polar surface area (TPSA) is 64.9 Å². The molecule has 18 heavy (non-hydrogen) atoms. The van der Waals surface area contributed by atoms with E-state index in [1.165, 1.54) is 0 Å². The van der Waals surface area contributed by atoms with Crippen LogP contribution in [0.25, 0.3) is 0 Å². The highest BCUT2D eigenvalue weighted by Gasteiger charge is 1.97. The molecule has 0 fully saturated rings. The number of carbonyl (C=O) groups is 1. The molecule has 2 N–H and O–H groups in total. The first-order chi connectivity index (χ1) is 8.63. The van der Waals surface area contributed by atoms with Gasteiger partial charge in [-0.25, -0.2) is 5.43 Å². The van der Waals surface area contributed by atoms with E-state index in [1.807, 2.05) is 43.3 Å². The van der Waals surface area contributed by atoms with Crippen molar-refractivity contribution in [2.24, 2.45) is 5.10 Å². The predicted molar refractivity (Wildman–Crippen MR) is 72.8 cm³/mol. The monoisotopic (exact) mass is 249 g/mol. The molecule has 1 rings (SSSR count). The first kappa shape index (κ1) is 14.2. The van der Waals surface area contributed by atoms with Gasteiger partial charge in [-0.05, 0) is 24.1 Å². The summed E-state index contributed by atoms with van der Waals surface area (Å²) >= 11 is 0. The molecule has 0 aromatic heterocycles. The number of aliphatic hydroxyl groups is 1. The zero-order valence-electron chi connectivity index (χ0n) is 10.8. The molecule has 0 aliphatic carbocycles. The molecule has 0 saturated carbocycles. The molecule has 0 saturated heterocycles. The van der Waals surface area contributed by atoms with E-state index in [9.17, 15) is 4.79 Å². The smallest absolute Gasteiger partial charge is 0.240 e. The molecule has 0 aliphatic heterocycles. The van der Waals surface area contributed by atoms with E-state index >= 15 is 0 Å². The van der Waals surface area contributed by atoms with Crippen molar-refractivity contribution >= 4 is 17.8 Å². The van der Waals surface area contributed by atoms with E-state index in [-0.39, 0.29) is 18.9 Å². The molecule has 0 unspecified atom stereocenters. The van der Waals surface area contributed by atoms with Crippen molar-refractivity contribution in [1.82, 2.24) is 5.43 Å². The Kier molecular flexibility index (Phi) is 5.87. The third-order valence-corrected chi connectivity index (χ3v) is 2.37. The fourth-order valence-corrected chi connectivity index (χ4v) is 1.33. The van der Waals surface area contributed by atoms with Gasteiger partial charge in [-0.2, -0.15) is 5.10 Å². The Morgan fingerprint density at radius 3 is 2.61 bits per heavy atom. The average Bonchev–Trinajstić information content (AvgIpc) is 2.37. The van der Waals surface area contributed by atoms with Crippen LogP contribution in [0.2, 0.25) is 0 Å². The molecular weight excluding hydrogens is 230 g/mol. The van der Waals surface area contributed by atoms with Crippen molar-refractivity contribution in [3.8, 4) is 0 Å². The molecule has 0 heterocycles. The van der Waals surface area contributed by atoms with E-state index in [0.29, 0.717) is 6.42 Å². The van der Waals surface area contributed by atoms with Gasteiger partial charge in [0.05, 0.1) is 6.21 Å². The maximum absolute atomic E-state index is 11.2. The summed E-state index contributed by atoms with van der Waals surface area (Å²) in [7, 11) is 3.95. The van der Waals surface area contributed by atoms with Crippen molar-refractivity contribution in [2.45, 2.75) is 12.8 Å². The Morgan fingerprint density at radius 1 is 1.39 bits per heavy atom. The fraction of sp³-hybridized carbons (Fsp3) is 0.385. The van der Waals surface area contributed by atoms with Crippen LogP contribution in [-0.4, -0.2) is 37.9 Å². The zero-order valence-corrected chi connectivity index (χ0v) is 10.8. The Morgan fingerprint density at radius 2 is 2.06 bits per heavy atom. The number of hydrogen-bond donors (Lipinski definition) is 2. The zero-order chi connectivity index (χ0) is 13.4. The molecular formula is C13H19N3O2. The number of hydrazone groups is 1. The van der Waals surface area contributed by atoms with Gasteiger partial charge < -0.3 is 10.0 Å². The second-order valence-corrected chi connectivity index (χ2v) is 4.11. The number of nitrogens with one attached hydrogen (secondary N) is 1. The molecule has 0 radical (unpaired) electrons. The van der Waals surface area contributed by atoms with E-state index in [0.717, 1.165) is 11.3 Å². The van der Waals surface area contributed by atoms with Gasteiger partial charge in [-0.3, -0.25) is 4.79 Å². The van der Waals surface area contributed by atoms with Gasteiger partial charge in [0.2, 0.25) is 5.91 Å². The maximum atomic E-state index is 11.2. The molecule has 98 valence electrons. The van der Waals surface area contributed by atoms with E-state index in [2.05, 4.69) is 10.5 Å². The average molecular weight is 249 g/mol. The second-order valence-electron chi connectivity index (χ2n) is 4.11. The minimum atomic E-state index is -0.190. The van der Waals surface area contributed by atoms with Gasteiger partial charge in [0.15, 0.2) is 0 Å². The van der Waals surface area contributed by atoms with Crippen LogP contribution < -0.4 is 10.3 Å². The standard InChI is InChI=1S/C13H19N3O2/c1-16(2)12-7-5-11(6-8-12)10-14-15-13(18)4-3-9-17/h5-8,10,17H,3-4,9H2,1-2H3,(H,15,18)/b14-10-. The lowest BCUT2D eigenvalue weighted by Crippen LogP contribution is -2.17. The molecule has 1 amide bonds. The summed E-state index contributed by atoms with van der Waals surface area (Å²) in [5.74, 6) is -0.190. The van der Waals surface area contributed by atoms with Gasteiger partial charge in [-0.15, -0.1) is 0 Å². The number of anilines is 1. The number of rotatable bonds is 6. The summed E-state index contributed by atoms with van der Waals surface area (Å²) < 4.78 is 0. The van der Waals surface area contributed by atoms with Gasteiger partial charge in [-0.1, -0.05) is 12.1 Å². The van der Waals surface area contributed by atoms with E-state index in [1.54, 1.807) is 6.21 Å². The second kappa shape index (κ2) is 7.45. The summed E-state index contributed by atoms with van der Waals surface area (Å²) in [6.45, 7) is 0.0170. The molecule has 5 nitrogen and oxygen atoms in total. The predicted octanol–water partition coefficient (Wildman–Crippen LogP) is 0.975. The van der Waals surface area contributed by atoms with E-state index < -0.39 is 0 Å². The Balaban J connectivity index is 2.44. The quantitative estimate of drug-likeness (QED) is 0.583. The summed E-state index contributed by atoms with van der Waals surface area (Å²) in [5, 5.41) is 12.4. The number of amides is 1. The van der Waals surface area contributed by atoms with Crippen LogP contribution in [0.3, 0.4) is 0 Å². The summed E-state index contributed by atoms with van der Waals surface area (Å²) in [6.07, 6.45) is 2.34. The highest BCUT2D eigenvalue weighted by molar-refractivity contribution is 5.82. The molecule has 0 atom stereocenters. The van der Waals surface area contributed by atoms with Crippen LogP contribution in [-0.2, 0) is 4.79 Å². The summed E-state index contributed by atoms with van der Waals surface area (Å²) in [4.78, 5) is 13.2. The van der Waals surface area contributed by atoms with Crippen molar-refractivity contribution in [2.75, 3.05) is 25.6 Å². The van der Waals surface area contributed by atoms with Crippen molar-refractivity contribution in [1.29, 1.82) is 0 Å². The van der Waals surface area contributed by atoms with Gasteiger partial charge in [0.25, 0.3) is 0 Å². The third-order valence-electron chi connectivity index (χ3n) is 2.37. The minimum absolute atomic E-state index is 0.0170. The summed E-state index contributed by atoms with van der Waals surface area (Å²) in [6, 6.07) is 7.82.